The van der Waals surface area contributed by atoms with Crippen molar-refractivity contribution in [2.45, 2.75) is 38.4 Å². The van der Waals surface area contributed by atoms with E-state index < -0.39 is 0 Å². The summed E-state index contributed by atoms with van der Waals surface area (Å²) in [6.07, 6.45) is 4.03. The smallest absolute Gasteiger partial charge is 0.0260 e. The highest BCUT2D eigenvalue weighted by atomic mass is 32.2. The maximum atomic E-state index is 3.20. The minimum absolute atomic E-state index is 0.627. The fourth-order valence-electron chi connectivity index (χ4n) is 1.21. The number of likely N-dealkylation sites (tertiary alicyclic amines) is 1. The van der Waals surface area contributed by atoms with Crippen LogP contribution in [0.1, 0.15) is 33.1 Å². The first-order valence-corrected chi connectivity index (χ1v) is 5.58. The van der Waals surface area contributed by atoms with Gasteiger partial charge in [-0.3, -0.25) is 0 Å². The predicted octanol–water partition coefficient (Wildman–Crippen LogP) is 2.53. The molecule has 0 saturated carbocycles. The number of hydrogen-bond acceptors (Lipinski definition) is 2. The minimum Gasteiger partial charge on any atom is -0.332 e. The molecular weight excluding hydrogens is 166 g/mol. The lowest BCUT2D eigenvalue weighted by Gasteiger charge is -2.21. The SMILES string of the molecule is CC(C)SC#CN1CCCCC1. The summed E-state index contributed by atoms with van der Waals surface area (Å²) in [5.74, 6) is 0. The van der Waals surface area contributed by atoms with Crippen LogP contribution in [0.5, 0.6) is 0 Å². The molecular formula is C10H17NS. The molecule has 0 aromatic carbocycles. The largest absolute Gasteiger partial charge is 0.332 e. The van der Waals surface area contributed by atoms with Gasteiger partial charge in [0.25, 0.3) is 0 Å². The van der Waals surface area contributed by atoms with Crippen molar-refractivity contribution >= 4 is 11.8 Å². The second-order valence-electron chi connectivity index (χ2n) is 3.43. The summed E-state index contributed by atoms with van der Waals surface area (Å²) in [7, 11) is 0. The Morgan fingerprint density at radius 2 is 1.83 bits per heavy atom. The Balaban J connectivity index is 2.21. The molecule has 0 aliphatic carbocycles. The maximum Gasteiger partial charge on any atom is 0.0260 e. The first-order chi connectivity index (χ1) is 5.79. The first kappa shape index (κ1) is 9.80. The molecule has 0 N–H and O–H groups in total. The Morgan fingerprint density at radius 3 is 2.42 bits per heavy atom. The molecule has 0 radical (unpaired) electrons. The molecule has 68 valence electrons. The van der Waals surface area contributed by atoms with E-state index >= 15 is 0 Å². The summed E-state index contributed by atoms with van der Waals surface area (Å²) < 4.78 is 0. The van der Waals surface area contributed by atoms with Crippen LogP contribution in [0.2, 0.25) is 0 Å². The second-order valence-corrected chi connectivity index (χ2v) is 4.81. The van der Waals surface area contributed by atoms with Crippen LogP contribution in [0.25, 0.3) is 0 Å². The molecule has 2 heteroatoms. The summed E-state index contributed by atoms with van der Waals surface area (Å²) in [4.78, 5) is 2.25. The molecule has 0 spiro atoms. The number of nitrogens with zero attached hydrogens (tertiary/aromatic N) is 1. The van der Waals surface area contributed by atoms with Gasteiger partial charge in [-0.1, -0.05) is 25.6 Å². The van der Waals surface area contributed by atoms with Crippen LogP contribution in [-0.4, -0.2) is 23.2 Å². The van der Waals surface area contributed by atoms with Crippen molar-refractivity contribution in [1.29, 1.82) is 0 Å². The lowest BCUT2D eigenvalue weighted by Crippen LogP contribution is -2.24. The van der Waals surface area contributed by atoms with Crippen molar-refractivity contribution in [3.05, 3.63) is 0 Å². The number of rotatable bonds is 1. The average molecular weight is 183 g/mol. The van der Waals surface area contributed by atoms with Crippen molar-refractivity contribution in [1.82, 2.24) is 4.90 Å². The number of hydrogen-bond donors (Lipinski definition) is 0. The highest BCUT2D eigenvalue weighted by Crippen LogP contribution is 2.09. The molecule has 12 heavy (non-hydrogen) atoms. The van der Waals surface area contributed by atoms with Crippen molar-refractivity contribution in [2.24, 2.45) is 0 Å². The Morgan fingerprint density at radius 1 is 1.17 bits per heavy atom. The van der Waals surface area contributed by atoms with Crippen LogP contribution in [-0.2, 0) is 0 Å². The van der Waals surface area contributed by atoms with E-state index in [1.54, 1.807) is 11.8 Å². The van der Waals surface area contributed by atoms with E-state index in [9.17, 15) is 0 Å². The molecule has 0 amide bonds. The van der Waals surface area contributed by atoms with Gasteiger partial charge in [0.2, 0.25) is 0 Å². The fourth-order valence-corrected chi connectivity index (χ4v) is 1.63. The second kappa shape index (κ2) is 5.37. The Bertz CT molecular complexity index is 172. The molecule has 0 aromatic heterocycles. The number of piperidine rings is 1. The van der Waals surface area contributed by atoms with E-state index in [2.05, 4.69) is 30.0 Å². The van der Waals surface area contributed by atoms with Gasteiger partial charge in [0, 0.05) is 24.4 Å². The third kappa shape index (κ3) is 3.92. The van der Waals surface area contributed by atoms with E-state index in [1.165, 1.54) is 32.4 Å². The van der Waals surface area contributed by atoms with Gasteiger partial charge < -0.3 is 4.90 Å². The molecule has 1 nitrogen and oxygen atoms in total. The van der Waals surface area contributed by atoms with Crippen LogP contribution in [0.3, 0.4) is 0 Å². The summed E-state index contributed by atoms with van der Waals surface area (Å²) in [5.41, 5.74) is 0. The summed E-state index contributed by atoms with van der Waals surface area (Å²) >= 11 is 1.72. The molecule has 1 saturated heterocycles. The third-order valence-electron chi connectivity index (χ3n) is 1.85. The molecule has 0 aromatic rings. The van der Waals surface area contributed by atoms with Crippen molar-refractivity contribution in [3.8, 4) is 11.3 Å². The van der Waals surface area contributed by atoms with E-state index in [0.29, 0.717) is 5.25 Å². The van der Waals surface area contributed by atoms with Gasteiger partial charge in [-0.05, 0) is 24.5 Å². The van der Waals surface area contributed by atoms with Gasteiger partial charge in [0.15, 0.2) is 0 Å². The van der Waals surface area contributed by atoms with Crippen LogP contribution >= 0.6 is 11.8 Å². The van der Waals surface area contributed by atoms with Crippen LogP contribution in [0.15, 0.2) is 0 Å². The lowest BCUT2D eigenvalue weighted by molar-refractivity contribution is 0.327. The Kier molecular flexibility index (Phi) is 4.39. The van der Waals surface area contributed by atoms with E-state index in [0.717, 1.165) is 0 Å². The van der Waals surface area contributed by atoms with E-state index in [-0.39, 0.29) is 0 Å². The number of thioether (sulfide) groups is 1. The quantitative estimate of drug-likeness (QED) is 0.575. The van der Waals surface area contributed by atoms with Gasteiger partial charge in [0.05, 0.1) is 0 Å². The standard InChI is InChI=1S/C10H17NS/c1-10(2)12-9-8-11-6-4-3-5-7-11/h10H,3-7H2,1-2H3. The average Bonchev–Trinajstić information content (AvgIpc) is 2.05. The van der Waals surface area contributed by atoms with Crippen molar-refractivity contribution < 1.29 is 0 Å². The van der Waals surface area contributed by atoms with Gasteiger partial charge in [-0.25, -0.2) is 0 Å². The molecule has 1 heterocycles. The monoisotopic (exact) mass is 183 g/mol. The van der Waals surface area contributed by atoms with Gasteiger partial charge >= 0.3 is 0 Å². The molecule has 0 atom stereocenters. The summed E-state index contributed by atoms with van der Waals surface area (Å²) in [6.45, 7) is 6.70. The zero-order valence-corrected chi connectivity index (χ0v) is 8.78. The van der Waals surface area contributed by atoms with Crippen LogP contribution < -0.4 is 0 Å². The molecule has 1 rings (SSSR count). The molecule has 1 aliphatic heterocycles. The van der Waals surface area contributed by atoms with Gasteiger partial charge in [0.1, 0.15) is 0 Å². The Hall–Kier alpha value is -0.290. The van der Waals surface area contributed by atoms with Crippen molar-refractivity contribution in [3.63, 3.8) is 0 Å². The Labute approximate surface area is 79.9 Å². The molecule has 1 aliphatic rings. The van der Waals surface area contributed by atoms with Gasteiger partial charge in [-0.15, -0.1) is 0 Å². The highest BCUT2D eigenvalue weighted by molar-refractivity contribution is 8.04. The van der Waals surface area contributed by atoms with E-state index in [4.69, 9.17) is 0 Å². The minimum atomic E-state index is 0.627. The zero-order valence-electron chi connectivity index (χ0n) is 7.97. The maximum absolute atomic E-state index is 3.20. The highest BCUT2D eigenvalue weighted by Gasteiger charge is 2.04. The van der Waals surface area contributed by atoms with E-state index in [1.807, 2.05) is 0 Å². The van der Waals surface area contributed by atoms with Crippen LogP contribution in [0.4, 0.5) is 0 Å². The third-order valence-corrected chi connectivity index (χ3v) is 2.53. The molecule has 0 unspecified atom stereocenters. The predicted molar refractivity (Wildman–Crippen MR) is 55.9 cm³/mol. The zero-order chi connectivity index (χ0) is 8.81. The summed E-state index contributed by atoms with van der Waals surface area (Å²) in [5, 5.41) is 3.77. The topological polar surface area (TPSA) is 3.24 Å². The molecule has 1 fully saturated rings. The normalized spacial score (nSPS) is 17.4. The van der Waals surface area contributed by atoms with Crippen LogP contribution in [0, 0.1) is 11.3 Å². The fraction of sp³-hybridized carbons (Fsp3) is 0.800. The summed E-state index contributed by atoms with van der Waals surface area (Å²) in [6, 6.07) is 3.20. The molecule has 0 bridgehead atoms. The lowest BCUT2D eigenvalue weighted by atomic mass is 10.1. The first-order valence-electron chi connectivity index (χ1n) is 4.70. The van der Waals surface area contributed by atoms with Gasteiger partial charge in [-0.2, -0.15) is 0 Å². The van der Waals surface area contributed by atoms with Crippen molar-refractivity contribution in [2.75, 3.05) is 13.1 Å².